The van der Waals surface area contributed by atoms with E-state index in [4.69, 9.17) is 4.74 Å². The summed E-state index contributed by atoms with van der Waals surface area (Å²) >= 11 is 0. The van der Waals surface area contributed by atoms with Crippen LogP contribution in [-0.2, 0) is 9.59 Å². The number of likely N-dealkylation sites (tertiary alicyclic amines) is 1. The van der Waals surface area contributed by atoms with Gasteiger partial charge in [0.25, 0.3) is 0 Å². The first-order valence-corrected chi connectivity index (χ1v) is 9.25. The minimum absolute atomic E-state index is 0.0254. The van der Waals surface area contributed by atoms with Gasteiger partial charge in [0.2, 0.25) is 11.8 Å². The highest BCUT2D eigenvalue weighted by molar-refractivity contribution is 5.90. The van der Waals surface area contributed by atoms with Crippen LogP contribution in [-0.4, -0.2) is 36.4 Å². The topological polar surface area (TPSA) is 58.6 Å². The maximum atomic E-state index is 12.8. The van der Waals surface area contributed by atoms with E-state index in [-0.39, 0.29) is 36.2 Å². The number of nitrogens with one attached hydrogen (secondary N) is 1. The SMILES string of the molecule is CCCCN1C(=O)C[C@H](C(=O)N[C@H](C)CC)[C@H]1c1ccc(OC)cc1. The molecule has 0 aliphatic carbocycles. The lowest BCUT2D eigenvalue weighted by Crippen LogP contribution is -2.39. The average Bonchev–Trinajstić information content (AvgIpc) is 2.96. The number of ether oxygens (including phenoxy) is 1. The Hall–Kier alpha value is -2.04. The molecule has 25 heavy (non-hydrogen) atoms. The first-order chi connectivity index (χ1) is 12.0. The van der Waals surface area contributed by atoms with Crippen molar-refractivity contribution in [2.75, 3.05) is 13.7 Å². The summed E-state index contributed by atoms with van der Waals surface area (Å²) < 4.78 is 5.23. The molecule has 5 heteroatoms. The fourth-order valence-electron chi connectivity index (χ4n) is 3.28. The van der Waals surface area contributed by atoms with Crippen LogP contribution in [0.2, 0.25) is 0 Å². The number of methoxy groups -OCH3 is 1. The third kappa shape index (κ3) is 4.53. The number of carbonyl (C=O) groups excluding carboxylic acids is 2. The molecular formula is C20H30N2O3. The summed E-state index contributed by atoms with van der Waals surface area (Å²) in [6, 6.07) is 7.62. The molecule has 1 fully saturated rings. The second kappa shape index (κ2) is 8.88. The van der Waals surface area contributed by atoms with Crippen molar-refractivity contribution >= 4 is 11.8 Å². The lowest BCUT2D eigenvalue weighted by Gasteiger charge is -2.29. The van der Waals surface area contributed by atoms with Crippen LogP contribution in [0.25, 0.3) is 0 Å². The number of rotatable bonds is 8. The standard InChI is InChI=1S/C20H30N2O3/c1-5-7-12-22-18(23)13-17(20(24)21-14(3)6-2)19(22)15-8-10-16(25-4)11-9-15/h8-11,14,17,19H,5-7,12-13H2,1-4H3,(H,21,24)/t14-,17+,19-/m1/s1. The summed E-state index contributed by atoms with van der Waals surface area (Å²) in [5.41, 5.74) is 0.993. The molecule has 1 heterocycles. The van der Waals surface area contributed by atoms with Crippen molar-refractivity contribution in [2.24, 2.45) is 5.92 Å². The summed E-state index contributed by atoms with van der Waals surface area (Å²) in [4.78, 5) is 27.2. The molecule has 0 bridgehead atoms. The van der Waals surface area contributed by atoms with E-state index in [1.807, 2.05) is 43.0 Å². The zero-order chi connectivity index (χ0) is 18.4. The number of amides is 2. The number of nitrogens with zero attached hydrogens (tertiary/aromatic N) is 1. The van der Waals surface area contributed by atoms with E-state index >= 15 is 0 Å². The average molecular weight is 346 g/mol. The minimum atomic E-state index is -0.341. The van der Waals surface area contributed by atoms with Gasteiger partial charge in [0.15, 0.2) is 0 Å². The van der Waals surface area contributed by atoms with Gasteiger partial charge in [-0.15, -0.1) is 0 Å². The lowest BCUT2D eigenvalue weighted by molar-refractivity contribution is -0.129. The van der Waals surface area contributed by atoms with Gasteiger partial charge in [-0.25, -0.2) is 0 Å². The van der Waals surface area contributed by atoms with Crippen LogP contribution in [0.15, 0.2) is 24.3 Å². The van der Waals surface area contributed by atoms with Gasteiger partial charge in [-0.1, -0.05) is 32.4 Å². The van der Waals surface area contributed by atoms with Crippen molar-refractivity contribution in [3.8, 4) is 5.75 Å². The highest BCUT2D eigenvalue weighted by Gasteiger charge is 2.44. The van der Waals surface area contributed by atoms with Gasteiger partial charge >= 0.3 is 0 Å². The quantitative estimate of drug-likeness (QED) is 0.786. The van der Waals surface area contributed by atoms with E-state index in [2.05, 4.69) is 12.2 Å². The fraction of sp³-hybridized carbons (Fsp3) is 0.600. The first kappa shape index (κ1) is 19.3. The normalized spacial score (nSPS) is 21.3. The van der Waals surface area contributed by atoms with Crippen LogP contribution >= 0.6 is 0 Å². The second-order valence-corrected chi connectivity index (χ2v) is 6.79. The number of benzene rings is 1. The highest BCUT2D eigenvalue weighted by Crippen LogP contribution is 2.39. The van der Waals surface area contributed by atoms with E-state index < -0.39 is 0 Å². The zero-order valence-corrected chi connectivity index (χ0v) is 15.7. The molecule has 0 spiro atoms. The molecule has 1 saturated heterocycles. The van der Waals surface area contributed by atoms with Crippen LogP contribution in [0.4, 0.5) is 0 Å². The van der Waals surface area contributed by atoms with Crippen molar-refractivity contribution in [3.05, 3.63) is 29.8 Å². The van der Waals surface area contributed by atoms with Gasteiger partial charge in [-0.05, 0) is 37.5 Å². The molecule has 138 valence electrons. The van der Waals surface area contributed by atoms with Crippen molar-refractivity contribution in [2.45, 2.75) is 58.5 Å². The van der Waals surface area contributed by atoms with E-state index in [1.165, 1.54) is 0 Å². The molecule has 2 amide bonds. The van der Waals surface area contributed by atoms with Crippen molar-refractivity contribution < 1.29 is 14.3 Å². The number of hydrogen-bond donors (Lipinski definition) is 1. The fourth-order valence-corrected chi connectivity index (χ4v) is 3.28. The summed E-state index contributed by atoms with van der Waals surface area (Å²) in [7, 11) is 1.63. The van der Waals surface area contributed by atoms with Gasteiger partial charge in [0.05, 0.1) is 19.1 Å². The monoisotopic (exact) mass is 346 g/mol. The Morgan fingerprint density at radius 2 is 2.00 bits per heavy atom. The smallest absolute Gasteiger partial charge is 0.226 e. The first-order valence-electron chi connectivity index (χ1n) is 9.25. The molecule has 1 aliphatic heterocycles. The number of unbranched alkanes of at least 4 members (excludes halogenated alkanes) is 1. The summed E-state index contributed by atoms with van der Waals surface area (Å²) in [5, 5.41) is 3.05. The Morgan fingerprint density at radius 1 is 1.32 bits per heavy atom. The second-order valence-electron chi connectivity index (χ2n) is 6.79. The number of hydrogen-bond acceptors (Lipinski definition) is 3. The molecule has 5 nitrogen and oxygen atoms in total. The Kier molecular flexibility index (Phi) is 6.85. The largest absolute Gasteiger partial charge is 0.497 e. The van der Waals surface area contributed by atoms with E-state index in [0.29, 0.717) is 6.54 Å². The van der Waals surface area contributed by atoms with Crippen LogP contribution in [0, 0.1) is 5.92 Å². The molecule has 2 rings (SSSR count). The van der Waals surface area contributed by atoms with Crippen LogP contribution in [0.1, 0.15) is 58.1 Å². The van der Waals surface area contributed by atoms with Crippen LogP contribution < -0.4 is 10.1 Å². The minimum Gasteiger partial charge on any atom is -0.497 e. The molecule has 0 radical (unpaired) electrons. The molecule has 0 saturated carbocycles. The molecule has 1 aromatic carbocycles. The van der Waals surface area contributed by atoms with Crippen LogP contribution in [0.3, 0.4) is 0 Å². The Balaban J connectivity index is 2.29. The Bertz CT molecular complexity index is 585. The van der Waals surface area contributed by atoms with Crippen molar-refractivity contribution in [1.82, 2.24) is 10.2 Å². The van der Waals surface area contributed by atoms with E-state index in [9.17, 15) is 9.59 Å². The summed E-state index contributed by atoms with van der Waals surface area (Å²) in [6.07, 6.45) is 3.11. The lowest BCUT2D eigenvalue weighted by atomic mass is 9.92. The molecule has 0 aromatic heterocycles. The zero-order valence-electron chi connectivity index (χ0n) is 15.7. The highest BCUT2D eigenvalue weighted by atomic mass is 16.5. The molecule has 1 aromatic rings. The number of carbonyl (C=O) groups is 2. The Morgan fingerprint density at radius 3 is 2.56 bits per heavy atom. The third-order valence-corrected chi connectivity index (χ3v) is 4.98. The van der Waals surface area contributed by atoms with Gasteiger partial charge in [0, 0.05) is 19.0 Å². The predicted molar refractivity (Wildman–Crippen MR) is 98.4 cm³/mol. The molecular weight excluding hydrogens is 316 g/mol. The van der Waals surface area contributed by atoms with Gasteiger partial charge < -0.3 is 15.0 Å². The van der Waals surface area contributed by atoms with E-state index in [0.717, 1.165) is 30.6 Å². The van der Waals surface area contributed by atoms with Gasteiger partial charge in [0.1, 0.15) is 5.75 Å². The van der Waals surface area contributed by atoms with Crippen molar-refractivity contribution in [3.63, 3.8) is 0 Å². The third-order valence-electron chi connectivity index (χ3n) is 4.98. The summed E-state index contributed by atoms with van der Waals surface area (Å²) in [5.74, 6) is 0.474. The molecule has 0 unspecified atom stereocenters. The van der Waals surface area contributed by atoms with Crippen molar-refractivity contribution in [1.29, 1.82) is 0 Å². The molecule has 3 atom stereocenters. The Labute approximate surface area is 150 Å². The van der Waals surface area contributed by atoms with Crippen LogP contribution in [0.5, 0.6) is 5.75 Å². The molecule has 1 aliphatic rings. The predicted octanol–water partition coefficient (Wildman–Crippen LogP) is 3.30. The maximum Gasteiger partial charge on any atom is 0.226 e. The van der Waals surface area contributed by atoms with E-state index in [1.54, 1.807) is 7.11 Å². The summed E-state index contributed by atoms with van der Waals surface area (Å²) in [6.45, 7) is 6.83. The molecule has 1 N–H and O–H groups in total. The maximum absolute atomic E-state index is 12.8. The van der Waals surface area contributed by atoms with Gasteiger partial charge in [-0.3, -0.25) is 9.59 Å². The van der Waals surface area contributed by atoms with Gasteiger partial charge in [-0.2, -0.15) is 0 Å².